The molecule has 0 fully saturated rings. The van der Waals surface area contributed by atoms with E-state index in [-0.39, 0.29) is 5.69 Å². The maximum atomic E-state index is 11.3. The van der Waals surface area contributed by atoms with E-state index in [0.717, 1.165) is 0 Å². The summed E-state index contributed by atoms with van der Waals surface area (Å²) in [6.45, 7) is 0. The van der Waals surface area contributed by atoms with E-state index in [1.54, 1.807) is 29.3 Å². The number of nitro groups is 1. The van der Waals surface area contributed by atoms with Crippen molar-refractivity contribution in [3.8, 4) is 0 Å². The maximum absolute atomic E-state index is 11.3. The Labute approximate surface area is 111 Å². The van der Waals surface area contributed by atoms with Crippen molar-refractivity contribution in [2.24, 2.45) is 0 Å². The lowest BCUT2D eigenvalue weighted by atomic mass is 10.3. The molecule has 0 atom stereocenters. The molecule has 2 heterocycles. The Morgan fingerprint density at radius 1 is 1.20 bits per heavy atom. The van der Waals surface area contributed by atoms with Gasteiger partial charge < -0.3 is 9.40 Å². The zero-order valence-corrected chi connectivity index (χ0v) is 10.0. The predicted octanol–water partition coefficient (Wildman–Crippen LogP) is 1.29. The second-order valence-corrected chi connectivity index (χ2v) is 3.66. The Hall–Kier alpha value is -3.16. The van der Waals surface area contributed by atoms with Crippen LogP contribution in [0.15, 0.2) is 44.6 Å². The Morgan fingerprint density at radius 3 is 2.60 bits per heavy atom. The summed E-state index contributed by atoms with van der Waals surface area (Å²) in [4.78, 5) is 36.3. The molecule has 0 aromatic carbocycles. The Kier molecular flexibility index (Phi) is 3.75. The number of aromatic amines is 2. The Morgan fingerprint density at radius 2 is 1.95 bits per heavy atom. The SMILES string of the molecule is O=c1[nH]c(/C=C/C=C/c2ccco2)c([N+](=O)[O-])c(=O)[nH]1. The molecule has 0 amide bonds. The molecule has 0 aliphatic heterocycles. The van der Waals surface area contributed by atoms with E-state index in [2.05, 4.69) is 4.98 Å². The summed E-state index contributed by atoms with van der Waals surface area (Å²) in [7, 11) is 0. The number of hydrogen-bond donors (Lipinski definition) is 2. The van der Waals surface area contributed by atoms with Crippen LogP contribution in [-0.2, 0) is 0 Å². The molecular weight excluding hydrogens is 266 g/mol. The summed E-state index contributed by atoms with van der Waals surface area (Å²) in [6.07, 6.45) is 7.38. The average molecular weight is 275 g/mol. The fourth-order valence-corrected chi connectivity index (χ4v) is 1.49. The standard InChI is InChI=1S/C12H9N3O5/c16-11-10(15(18)19)9(13-12(17)14-11)6-2-1-4-8-5-3-7-20-8/h1-7H,(H2,13,14,16,17)/b4-1+,6-2+. The van der Waals surface area contributed by atoms with Gasteiger partial charge >= 0.3 is 16.9 Å². The van der Waals surface area contributed by atoms with Gasteiger partial charge in [0.2, 0.25) is 0 Å². The number of allylic oxidation sites excluding steroid dienone is 2. The molecule has 20 heavy (non-hydrogen) atoms. The molecule has 2 N–H and O–H groups in total. The molecule has 0 saturated heterocycles. The van der Waals surface area contributed by atoms with Gasteiger partial charge in [-0.1, -0.05) is 12.2 Å². The lowest BCUT2D eigenvalue weighted by Crippen LogP contribution is -2.25. The summed E-state index contributed by atoms with van der Waals surface area (Å²) in [5.41, 5.74) is -2.75. The van der Waals surface area contributed by atoms with E-state index in [0.29, 0.717) is 5.76 Å². The van der Waals surface area contributed by atoms with Gasteiger partial charge in [-0.15, -0.1) is 0 Å². The van der Waals surface area contributed by atoms with Gasteiger partial charge in [0.1, 0.15) is 11.5 Å². The van der Waals surface area contributed by atoms with Gasteiger partial charge in [0, 0.05) is 0 Å². The van der Waals surface area contributed by atoms with Crippen molar-refractivity contribution in [3.63, 3.8) is 0 Å². The van der Waals surface area contributed by atoms with E-state index < -0.39 is 21.9 Å². The van der Waals surface area contributed by atoms with Gasteiger partial charge in [-0.3, -0.25) is 19.9 Å². The van der Waals surface area contributed by atoms with E-state index in [9.17, 15) is 19.7 Å². The number of nitrogens with zero attached hydrogens (tertiary/aromatic N) is 1. The molecule has 0 spiro atoms. The van der Waals surface area contributed by atoms with Crippen LogP contribution < -0.4 is 11.2 Å². The van der Waals surface area contributed by atoms with Gasteiger partial charge in [0.05, 0.1) is 11.2 Å². The predicted molar refractivity (Wildman–Crippen MR) is 71.1 cm³/mol. The van der Waals surface area contributed by atoms with Crippen molar-refractivity contribution in [1.82, 2.24) is 9.97 Å². The fourth-order valence-electron chi connectivity index (χ4n) is 1.49. The molecule has 0 saturated carbocycles. The van der Waals surface area contributed by atoms with Crippen molar-refractivity contribution >= 4 is 17.8 Å². The van der Waals surface area contributed by atoms with Crippen LogP contribution in [0.25, 0.3) is 12.2 Å². The van der Waals surface area contributed by atoms with Gasteiger partial charge in [0.15, 0.2) is 0 Å². The second-order valence-electron chi connectivity index (χ2n) is 3.66. The van der Waals surface area contributed by atoms with Crippen molar-refractivity contribution in [2.45, 2.75) is 0 Å². The molecule has 2 aromatic heterocycles. The smallest absolute Gasteiger partial charge is 0.357 e. The summed E-state index contributed by atoms with van der Waals surface area (Å²) in [5, 5.41) is 10.8. The first-order valence-electron chi connectivity index (χ1n) is 5.47. The molecule has 8 heteroatoms. The Balaban J connectivity index is 2.31. The van der Waals surface area contributed by atoms with Crippen LogP contribution in [0.5, 0.6) is 0 Å². The van der Waals surface area contributed by atoms with Gasteiger partial charge in [-0.05, 0) is 24.3 Å². The van der Waals surface area contributed by atoms with Crippen molar-refractivity contribution in [2.75, 3.05) is 0 Å². The highest BCUT2D eigenvalue weighted by molar-refractivity contribution is 5.58. The molecule has 0 unspecified atom stereocenters. The van der Waals surface area contributed by atoms with Crippen LogP contribution in [0.3, 0.4) is 0 Å². The van der Waals surface area contributed by atoms with Crippen LogP contribution in [0.1, 0.15) is 11.5 Å². The summed E-state index contributed by atoms with van der Waals surface area (Å²) in [5.74, 6) is 0.601. The second kappa shape index (κ2) is 5.65. The average Bonchev–Trinajstić information content (AvgIpc) is 2.86. The van der Waals surface area contributed by atoms with Crippen molar-refractivity contribution in [3.05, 3.63) is 73.0 Å². The zero-order valence-electron chi connectivity index (χ0n) is 10.0. The number of aromatic nitrogens is 2. The van der Waals surface area contributed by atoms with Crippen LogP contribution in [0.2, 0.25) is 0 Å². The normalized spacial score (nSPS) is 11.4. The lowest BCUT2D eigenvalue weighted by Gasteiger charge is -1.94. The first kappa shape index (κ1) is 13.3. The fraction of sp³-hybridized carbons (Fsp3) is 0. The minimum absolute atomic E-state index is 0.173. The molecular formula is C12H9N3O5. The topological polar surface area (TPSA) is 122 Å². The lowest BCUT2D eigenvalue weighted by molar-refractivity contribution is -0.386. The molecule has 0 aliphatic carbocycles. The first-order valence-corrected chi connectivity index (χ1v) is 5.47. The molecule has 0 bridgehead atoms. The highest BCUT2D eigenvalue weighted by Gasteiger charge is 2.18. The number of nitrogens with one attached hydrogen (secondary N) is 2. The molecule has 0 aliphatic rings. The molecule has 8 nitrogen and oxygen atoms in total. The first-order chi connectivity index (χ1) is 9.58. The molecule has 2 aromatic rings. The molecule has 0 radical (unpaired) electrons. The summed E-state index contributed by atoms with van der Waals surface area (Å²) < 4.78 is 5.04. The monoisotopic (exact) mass is 275 g/mol. The van der Waals surface area contributed by atoms with Crippen LogP contribution in [0.4, 0.5) is 5.69 Å². The quantitative estimate of drug-likeness (QED) is 0.494. The maximum Gasteiger partial charge on any atom is 0.357 e. The third-order valence-corrected chi connectivity index (χ3v) is 2.31. The van der Waals surface area contributed by atoms with Crippen LogP contribution in [0, 0.1) is 10.1 Å². The van der Waals surface area contributed by atoms with Crippen molar-refractivity contribution < 1.29 is 9.34 Å². The number of H-pyrrole nitrogens is 2. The minimum atomic E-state index is -1.05. The summed E-state index contributed by atoms with van der Waals surface area (Å²) in [6, 6.07) is 3.43. The number of hydrogen-bond acceptors (Lipinski definition) is 5. The van der Waals surface area contributed by atoms with E-state index in [1.165, 1.54) is 18.4 Å². The highest BCUT2D eigenvalue weighted by Crippen LogP contribution is 2.10. The molecule has 2 rings (SSSR count). The summed E-state index contributed by atoms with van der Waals surface area (Å²) >= 11 is 0. The minimum Gasteiger partial charge on any atom is -0.465 e. The van der Waals surface area contributed by atoms with Crippen molar-refractivity contribution in [1.29, 1.82) is 0 Å². The number of rotatable bonds is 4. The number of furan rings is 1. The van der Waals surface area contributed by atoms with E-state index in [4.69, 9.17) is 4.42 Å². The molecule has 102 valence electrons. The van der Waals surface area contributed by atoms with Gasteiger partial charge in [0.25, 0.3) is 0 Å². The van der Waals surface area contributed by atoms with E-state index >= 15 is 0 Å². The van der Waals surface area contributed by atoms with E-state index in [1.807, 2.05) is 0 Å². The third-order valence-electron chi connectivity index (χ3n) is 2.31. The largest absolute Gasteiger partial charge is 0.465 e. The highest BCUT2D eigenvalue weighted by atomic mass is 16.6. The van der Waals surface area contributed by atoms with Gasteiger partial charge in [-0.25, -0.2) is 4.79 Å². The Bertz CT molecular complexity index is 780. The third kappa shape index (κ3) is 2.99. The van der Waals surface area contributed by atoms with Crippen LogP contribution >= 0.6 is 0 Å². The van der Waals surface area contributed by atoms with Gasteiger partial charge in [-0.2, -0.15) is 0 Å². The zero-order chi connectivity index (χ0) is 14.5. The van der Waals surface area contributed by atoms with Crippen LogP contribution in [-0.4, -0.2) is 14.9 Å².